The summed E-state index contributed by atoms with van der Waals surface area (Å²) in [7, 11) is 0. The number of aliphatic carboxylic acids is 1. The summed E-state index contributed by atoms with van der Waals surface area (Å²) in [5.74, 6) is -0.771. The second-order valence-corrected chi connectivity index (χ2v) is 6.06. The predicted molar refractivity (Wildman–Crippen MR) is 84.5 cm³/mol. The topological polar surface area (TPSA) is 97.8 Å². The Bertz CT molecular complexity index is 540. The molecular weight excluding hydrogens is 300 g/mol. The molecule has 0 fully saturated rings. The number of pyridine rings is 1. The van der Waals surface area contributed by atoms with Crippen LogP contribution in [0.2, 0.25) is 0 Å². The monoisotopic (exact) mass is 324 g/mol. The van der Waals surface area contributed by atoms with Crippen molar-refractivity contribution in [1.82, 2.24) is 10.3 Å². The molecule has 0 aromatic carbocycles. The van der Waals surface area contributed by atoms with Gasteiger partial charge in [0, 0.05) is 18.2 Å². The Morgan fingerprint density at radius 2 is 2.09 bits per heavy atom. The Hall–Kier alpha value is -2.31. The molecule has 0 saturated carbocycles. The fourth-order valence-corrected chi connectivity index (χ4v) is 1.78. The van der Waals surface area contributed by atoms with E-state index in [2.05, 4.69) is 10.3 Å². The minimum absolute atomic E-state index is 0.0570. The third-order valence-corrected chi connectivity index (χ3v) is 2.71. The van der Waals surface area contributed by atoms with E-state index in [1.807, 2.05) is 6.92 Å². The molecule has 7 nitrogen and oxygen atoms in total. The van der Waals surface area contributed by atoms with E-state index in [0.29, 0.717) is 18.1 Å². The van der Waals surface area contributed by atoms with Gasteiger partial charge >= 0.3 is 12.1 Å². The van der Waals surface area contributed by atoms with Gasteiger partial charge in [0.05, 0.1) is 6.61 Å². The molecule has 0 bridgehead atoms. The van der Waals surface area contributed by atoms with Gasteiger partial charge < -0.3 is 19.9 Å². The molecule has 0 spiro atoms. The molecule has 1 aromatic heterocycles. The van der Waals surface area contributed by atoms with Crippen LogP contribution in [0.5, 0.6) is 5.88 Å². The first-order valence-corrected chi connectivity index (χ1v) is 7.52. The number of alkyl carbamates (subject to hydrolysis) is 1. The lowest BCUT2D eigenvalue weighted by atomic mass is 10.1. The molecule has 0 aliphatic rings. The van der Waals surface area contributed by atoms with Crippen LogP contribution in [0.15, 0.2) is 18.3 Å². The van der Waals surface area contributed by atoms with Crippen molar-refractivity contribution in [3.63, 3.8) is 0 Å². The summed E-state index contributed by atoms with van der Waals surface area (Å²) in [5, 5.41) is 11.7. The van der Waals surface area contributed by atoms with Gasteiger partial charge in [0.15, 0.2) is 0 Å². The van der Waals surface area contributed by atoms with E-state index in [1.165, 1.54) is 0 Å². The van der Waals surface area contributed by atoms with Crippen molar-refractivity contribution >= 4 is 12.1 Å². The number of carboxylic acids is 1. The molecule has 1 rings (SSSR count). The van der Waals surface area contributed by atoms with E-state index in [0.717, 1.165) is 6.42 Å². The molecule has 128 valence electrons. The number of carbonyl (C=O) groups is 2. The Balaban J connectivity index is 2.80. The molecule has 1 aromatic rings. The molecule has 1 unspecified atom stereocenters. The Morgan fingerprint density at radius 3 is 2.65 bits per heavy atom. The number of rotatable bonds is 7. The molecule has 23 heavy (non-hydrogen) atoms. The van der Waals surface area contributed by atoms with E-state index in [-0.39, 0.29) is 6.42 Å². The third-order valence-electron chi connectivity index (χ3n) is 2.71. The lowest BCUT2D eigenvalue weighted by molar-refractivity contribution is -0.139. The quantitative estimate of drug-likeness (QED) is 0.799. The fourth-order valence-electron chi connectivity index (χ4n) is 1.78. The number of ether oxygens (including phenoxy) is 2. The van der Waals surface area contributed by atoms with Gasteiger partial charge in [-0.15, -0.1) is 0 Å². The minimum Gasteiger partial charge on any atom is -0.480 e. The van der Waals surface area contributed by atoms with Crippen molar-refractivity contribution < 1.29 is 24.2 Å². The molecule has 1 atom stereocenters. The molecule has 0 aliphatic carbocycles. The maximum absolute atomic E-state index is 11.8. The van der Waals surface area contributed by atoms with Crippen molar-refractivity contribution in [2.45, 2.75) is 52.2 Å². The summed E-state index contributed by atoms with van der Waals surface area (Å²) in [6.07, 6.45) is 1.67. The summed E-state index contributed by atoms with van der Waals surface area (Å²) in [4.78, 5) is 27.3. The Kier molecular flexibility index (Phi) is 6.81. The van der Waals surface area contributed by atoms with Gasteiger partial charge in [0.1, 0.15) is 11.6 Å². The Labute approximate surface area is 136 Å². The smallest absolute Gasteiger partial charge is 0.408 e. The first-order chi connectivity index (χ1) is 10.7. The number of hydrogen-bond acceptors (Lipinski definition) is 5. The van der Waals surface area contributed by atoms with Crippen molar-refractivity contribution in [2.75, 3.05) is 6.61 Å². The zero-order valence-corrected chi connectivity index (χ0v) is 14.0. The number of carboxylic acid groups (broad SMARTS) is 1. The lowest BCUT2D eigenvalue weighted by Gasteiger charge is -2.22. The number of nitrogens with one attached hydrogen (secondary N) is 1. The van der Waals surface area contributed by atoms with Gasteiger partial charge in [-0.2, -0.15) is 0 Å². The molecule has 2 N–H and O–H groups in total. The predicted octanol–water partition coefficient (Wildman–Crippen LogP) is 2.39. The zero-order chi connectivity index (χ0) is 17.5. The van der Waals surface area contributed by atoms with Crippen LogP contribution in [0.1, 0.15) is 39.7 Å². The van der Waals surface area contributed by atoms with Crippen molar-refractivity contribution in [2.24, 2.45) is 0 Å². The summed E-state index contributed by atoms with van der Waals surface area (Å²) in [6, 6.07) is 2.30. The van der Waals surface area contributed by atoms with Crippen molar-refractivity contribution in [3.8, 4) is 5.88 Å². The zero-order valence-electron chi connectivity index (χ0n) is 14.0. The molecule has 0 saturated heterocycles. The first-order valence-electron chi connectivity index (χ1n) is 7.52. The van der Waals surface area contributed by atoms with Gasteiger partial charge in [-0.25, -0.2) is 14.6 Å². The summed E-state index contributed by atoms with van der Waals surface area (Å²) >= 11 is 0. The molecule has 0 aliphatic heterocycles. The van der Waals surface area contributed by atoms with E-state index < -0.39 is 23.7 Å². The highest BCUT2D eigenvalue weighted by atomic mass is 16.6. The third kappa shape index (κ3) is 6.99. The van der Waals surface area contributed by atoms with Gasteiger partial charge in [-0.05, 0) is 33.3 Å². The molecule has 1 heterocycles. The van der Waals surface area contributed by atoms with Crippen LogP contribution in [0.3, 0.4) is 0 Å². The largest absolute Gasteiger partial charge is 0.480 e. The van der Waals surface area contributed by atoms with Crippen molar-refractivity contribution in [1.29, 1.82) is 0 Å². The van der Waals surface area contributed by atoms with Gasteiger partial charge in [-0.1, -0.05) is 13.0 Å². The number of aromatic nitrogens is 1. The van der Waals surface area contributed by atoms with E-state index in [4.69, 9.17) is 9.47 Å². The standard InChI is InChI=1S/C16H24N2O5/c1-5-9-22-13-11(7-6-8-17-13)10-12(14(19)20)18-15(21)23-16(2,3)4/h6-8,12H,5,9-10H2,1-4H3,(H,18,21)(H,19,20). The Morgan fingerprint density at radius 1 is 1.39 bits per heavy atom. The van der Waals surface area contributed by atoms with Crippen LogP contribution >= 0.6 is 0 Å². The normalized spacial score (nSPS) is 12.3. The highest BCUT2D eigenvalue weighted by molar-refractivity contribution is 5.80. The second-order valence-electron chi connectivity index (χ2n) is 6.06. The van der Waals surface area contributed by atoms with Gasteiger partial charge in [0.25, 0.3) is 0 Å². The number of nitrogens with zero attached hydrogens (tertiary/aromatic N) is 1. The molecule has 0 radical (unpaired) electrons. The summed E-state index contributed by atoms with van der Waals surface area (Å²) in [5.41, 5.74) is -0.0824. The second kappa shape index (κ2) is 8.36. The fraction of sp³-hybridized carbons (Fsp3) is 0.562. The highest BCUT2D eigenvalue weighted by Crippen LogP contribution is 2.17. The first kappa shape index (κ1) is 18.7. The summed E-state index contributed by atoms with van der Waals surface area (Å²) in [6.45, 7) is 7.58. The van der Waals surface area contributed by atoms with Gasteiger partial charge in [0.2, 0.25) is 5.88 Å². The average Bonchev–Trinajstić information content (AvgIpc) is 2.43. The van der Waals surface area contributed by atoms with Crippen LogP contribution < -0.4 is 10.1 Å². The van der Waals surface area contributed by atoms with Crippen molar-refractivity contribution in [3.05, 3.63) is 23.9 Å². The molecule has 1 amide bonds. The maximum atomic E-state index is 11.8. The van der Waals surface area contributed by atoms with Crippen LogP contribution in [0.4, 0.5) is 4.79 Å². The highest BCUT2D eigenvalue weighted by Gasteiger charge is 2.25. The average molecular weight is 324 g/mol. The number of amides is 1. The maximum Gasteiger partial charge on any atom is 0.408 e. The minimum atomic E-state index is -1.15. The molecular formula is C16H24N2O5. The van der Waals surface area contributed by atoms with E-state index >= 15 is 0 Å². The van der Waals surface area contributed by atoms with Gasteiger partial charge in [-0.3, -0.25) is 0 Å². The number of hydrogen-bond donors (Lipinski definition) is 2. The van der Waals surface area contributed by atoms with E-state index in [9.17, 15) is 14.7 Å². The van der Waals surface area contributed by atoms with Crippen LogP contribution in [0.25, 0.3) is 0 Å². The summed E-state index contributed by atoms with van der Waals surface area (Å²) < 4.78 is 10.6. The van der Waals surface area contributed by atoms with Crippen LogP contribution in [-0.4, -0.2) is 40.4 Å². The van der Waals surface area contributed by atoms with Crippen LogP contribution in [-0.2, 0) is 16.0 Å². The molecule has 7 heteroatoms. The SMILES string of the molecule is CCCOc1ncccc1CC(NC(=O)OC(C)(C)C)C(=O)O. The lowest BCUT2D eigenvalue weighted by Crippen LogP contribution is -2.44. The van der Waals surface area contributed by atoms with Crippen LogP contribution in [0, 0.1) is 0 Å². The van der Waals surface area contributed by atoms with E-state index in [1.54, 1.807) is 39.1 Å². The number of carbonyl (C=O) groups excluding carboxylic acids is 1.